The molecule has 0 aliphatic heterocycles. The van der Waals surface area contributed by atoms with Gasteiger partial charge < -0.3 is 5.11 Å². The molecule has 2 rings (SSSR count). The van der Waals surface area contributed by atoms with Crippen LogP contribution in [0.2, 0.25) is 15.1 Å². The fourth-order valence-electron chi connectivity index (χ4n) is 1.74. The molecule has 2 N–H and O–H groups in total. The molecule has 0 saturated carbocycles. The van der Waals surface area contributed by atoms with Crippen molar-refractivity contribution in [3.8, 4) is 0 Å². The van der Waals surface area contributed by atoms with E-state index in [1.54, 1.807) is 31.2 Å². The second-order valence-electron chi connectivity index (χ2n) is 4.42. The predicted octanol–water partition coefficient (Wildman–Crippen LogP) is 5.18. The first-order chi connectivity index (χ1) is 10.4. The van der Waals surface area contributed by atoms with Crippen molar-refractivity contribution >= 4 is 52.2 Å². The van der Waals surface area contributed by atoms with Crippen molar-refractivity contribution in [2.45, 2.75) is 6.92 Å². The van der Waals surface area contributed by atoms with Gasteiger partial charge in [-0.1, -0.05) is 46.9 Å². The largest absolute Gasteiger partial charge is 0.478 e. The molecule has 2 aromatic carbocycles. The van der Waals surface area contributed by atoms with E-state index in [-0.39, 0.29) is 10.6 Å². The second-order valence-corrected chi connectivity index (χ2v) is 5.58. The highest BCUT2D eigenvalue weighted by atomic mass is 35.5. The maximum absolute atomic E-state index is 10.9. The first-order valence-corrected chi connectivity index (χ1v) is 7.31. The summed E-state index contributed by atoms with van der Waals surface area (Å²) in [7, 11) is 0. The fraction of sp³-hybridized carbons (Fsp3) is 0.0667. The Morgan fingerprint density at radius 3 is 2.55 bits per heavy atom. The maximum Gasteiger partial charge on any atom is 0.335 e. The predicted molar refractivity (Wildman–Crippen MR) is 90.7 cm³/mol. The molecule has 7 heteroatoms. The van der Waals surface area contributed by atoms with E-state index in [1.165, 1.54) is 12.1 Å². The number of aromatic carboxylic acids is 1. The molecular formula is C15H11Cl3N2O2. The van der Waals surface area contributed by atoms with E-state index in [2.05, 4.69) is 10.5 Å². The summed E-state index contributed by atoms with van der Waals surface area (Å²) < 4.78 is 0. The van der Waals surface area contributed by atoms with Gasteiger partial charge in [0.1, 0.15) is 0 Å². The molecule has 0 fully saturated rings. The van der Waals surface area contributed by atoms with Crippen LogP contribution >= 0.6 is 34.8 Å². The number of anilines is 1. The lowest BCUT2D eigenvalue weighted by molar-refractivity contribution is 0.0697. The van der Waals surface area contributed by atoms with Gasteiger partial charge in [0.25, 0.3) is 0 Å². The molecule has 0 bridgehead atoms. The van der Waals surface area contributed by atoms with Gasteiger partial charge in [0, 0.05) is 5.56 Å². The van der Waals surface area contributed by atoms with Gasteiger partial charge in [0.05, 0.1) is 32.0 Å². The van der Waals surface area contributed by atoms with E-state index < -0.39 is 5.97 Å². The van der Waals surface area contributed by atoms with Crippen LogP contribution in [0.5, 0.6) is 0 Å². The summed E-state index contributed by atoms with van der Waals surface area (Å²) >= 11 is 18.0. The summed E-state index contributed by atoms with van der Waals surface area (Å²) in [5, 5.41) is 14.1. The lowest BCUT2D eigenvalue weighted by atomic mass is 10.1. The van der Waals surface area contributed by atoms with Crippen LogP contribution < -0.4 is 5.43 Å². The Morgan fingerprint density at radius 2 is 1.86 bits per heavy atom. The van der Waals surface area contributed by atoms with Crippen LogP contribution in [0.1, 0.15) is 22.8 Å². The number of carbonyl (C=O) groups is 1. The highest BCUT2D eigenvalue weighted by molar-refractivity contribution is 6.49. The van der Waals surface area contributed by atoms with E-state index in [1.807, 2.05) is 0 Å². The van der Waals surface area contributed by atoms with Gasteiger partial charge in [0.2, 0.25) is 0 Å². The minimum absolute atomic E-state index is 0.172. The molecule has 0 saturated heterocycles. The number of carboxylic acid groups (broad SMARTS) is 1. The van der Waals surface area contributed by atoms with E-state index in [0.717, 1.165) is 0 Å². The highest BCUT2D eigenvalue weighted by Crippen LogP contribution is 2.32. The smallest absolute Gasteiger partial charge is 0.335 e. The topological polar surface area (TPSA) is 61.7 Å². The first-order valence-electron chi connectivity index (χ1n) is 6.17. The van der Waals surface area contributed by atoms with Gasteiger partial charge in [-0.25, -0.2) is 4.79 Å². The number of rotatable bonds is 4. The zero-order chi connectivity index (χ0) is 16.3. The van der Waals surface area contributed by atoms with Crippen molar-refractivity contribution in [1.82, 2.24) is 0 Å². The number of nitrogens with zero attached hydrogens (tertiary/aromatic N) is 1. The van der Waals surface area contributed by atoms with Crippen LogP contribution in [-0.4, -0.2) is 16.8 Å². The molecule has 0 unspecified atom stereocenters. The van der Waals surface area contributed by atoms with Crippen LogP contribution in [0.3, 0.4) is 0 Å². The standard InChI is InChI=1S/C15H11Cl3N2O2/c1-8(11-5-6-12(16)14(18)13(11)17)19-20-10-4-2-3-9(7-10)15(21)22/h2-7,20H,1H3,(H,21,22)/b19-8+. The Balaban J connectivity index is 2.25. The van der Waals surface area contributed by atoms with Crippen molar-refractivity contribution < 1.29 is 9.90 Å². The Hall–Kier alpha value is -1.75. The highest BCUT2D eigenvalue weighted by Gasteiger charge is 2.11. The zero-order valence-corrected chi connectivity index (χ0v) is 13.7. The number of hydrogen-bond acceptors (Lipinski definition) is 3. The van der Waals surface area contributed by atoms with Gasteiger partial charge in [-0.05, 0) is 31.2 Å². The maximum atomic E-state index is 10.9. The molecule has 0 atom stereocenters. The number of hydrogen-bond donors (Lipinski definition) is 2. The van der Waals surface area contributed by atoms with Crippen molar-refractivity contribution in [3.05, 3.63) is 62.6 Å². The Labute approximate surface area is 142 Å². The average Bonchev–Trinajstić information content (AvgIpc) is 2.50. The van der Waals surface area contributed by atoms with Crippen LogP contribution in [0, 0.1) is 0 Å². The van der Waals surface area contributed by atoms with E-state index in [4.69, 9.17) is 39.9 Å². The molecule has 0 amide bonds. The summed E-state index contributed by atoms with van der Waals surface area (Å²) in [6, 6.07) is 9.66. The van der Waals surface area contributed by atoms with Gasteiger partial charge in [-0.2, -0.15) is 5.10 Å². The number of halogens is 3. The van der Waals surface area contributed by atoms with Crippen molar-refractivity contribution in [2.24, 2.45) is 5.10 Å². The Morgan fingerprint density at radius 1 is 1.14 bits per heavy atom. The Bertz CT molecular complexity index is 760. The molecule has 0 aliphatic carbocycles. The number of nitrogens with one attached hydrogen (secondary N) is 1. The molecule has 0 aromatic heterocycles. The molecule has 0 radical (unpaired) electrons. The van der Waals surface area contributed by atoms with E-state index in [0.29, 0.717) is 27.0 Å². The quantitative estimate of drug-likeness (QED) is 0.450. The van der Waals surface area contributed by atoms with Gasteiger partial charge in [-0.15, -0.1) is 0 Å². The van der Waals surface area contributed by atoms with Crippen molar-refractivity contribution in [2.75, 3.05) is 5.43 Å². The third-order valence-corrected chi connectivity index (χ3v) is 4.18. The van der Waals surface area contributed by atoms with Crippen LogP contribution in [0.4, 0.5) is 5.69 Å². The summed E-state index contributed by atoms with van der Waals surface area (Å²) in [4.78, 5) is 10.9. The van der Waals surface area contributed by atoms with Gasteiger partial charge in [0.15, 0.2) is 0 Å². The van der Waals surface area contributed by atoms with Crippen LogP contribution in [0.25, 0.3) is 0 Å². The molecule has 2 aromatic rings. The molecule has 0 heterocycles. The fourth-order valence-corrected chi connectivity index (χ4v) is 2.41. The molecular weight excluding hydrogens is 347 g/mol. The summed E-state index contributed by atoms with van der Waals surface area (Å²) in [6.07, 6.45) is 0. The lowest BCUT2D eigenvalue weighted by Crippen LogP contribution is -2.02. The average molecular weight is 358 g/mol. The summed E-state index contributed by atoms with van der Waals surface area (Å²) in [5.41, 5.74) is 4.74. The van der Waals surface area contributed by atoms with Crippen LogP contribution in [0.15, 0.2) is 41.5 Å². The van der Waals surface area contributed by atoms with Gasteiger partial charge >= 0.3 is 5.97 Å². The monoisotopic (exact) mass is 356 g/mol. The summed E-state index contributed by atoms with van der Waals surface area (Å²) in [6.45, 7) is 1.75. The third-order valence-electron chi connectivity index (χ3n) is 2.89. The van der Waals surface area contributed by atoms with Crippen molar-refractivity contribution in [1.29, 1.82) is 0 Å². The van der Waals surface area contributed by atoms with Crippen molar-refractivity contribution in [3.63, 3.8) is 0 Å². The minimum Gasteiger partial charge on any atom is -0.478 e. The number of carboxylic acids is 1. The Kier molecular flexibility index (Phi) is 5.29. The second kappa shape index (κ2) is 7.01. The van der Waals surface area contributed by atoms with E-state index in [9.17, 15) is 4.79 Å². The normalized spacial score (nSPS) is 11.4. The minimum atomic E-state index is -1.00. The number of hydrazone groups is 1. The molecule has 0 spiro atoms. The first kappa shape index (κ1) is 16.6. The number of benzene rings is 2. The molecule has 0 aliphatic rings. The van der Waals surface area contributed by atoms with E-state index >= 15 is 0 Å². The van der Waals surface area contributed by atoms with Crippen LogP contribution in [-0.2, 0) is 0 Å². The molecule has 22 heavy (non-hydrogen) atoms. The molecule has 114 valence electrons. The SMILES string of the molecule is C/C(=N\Nc1cccc(C(=O)O)c1)c1ccc(Cl)c(Cl)c1Cl. The zero-order valence-electron chi connectivity index (χ0n) is 11.4. The summed E-state index contributed by atoms with van der Waals surface area (Å²) in [5.74, 6) is -1.00. The molecule has 4 nitrogen and oxygen atoms in total. The van der Waals surface area contributed by atoms with Gasteiger partial charge in [-0.3, -0.25) is 5.43 Å². The lowest BCUT2D eigenvalue weighted by Gasteiger charge is -2.08. The third kappa shape index (κ3) is 3.71.